The van der Waals surface area contributed by atoms with Crippen molar-refractivity contribution >= 4 is 36.8 Å². The third kappa shape index (κ3) is 11.1. The average molecular weight is 254 g/mol. The Morgan fingerprint density at radius 3 is 1.18 bits per heavy atom. The summed E-state index contributed by atoms with van der Waals surface area (Å²) in [4.78, 5) is 30.5. The second-order valence-electron chi connectivity index (χ2n) is 2.48. The maximum atomic E-state index is 10.3. The first-order chi connectivity index (χ1) is 5.78. The van der Waals surface area contributed by atoms with Crippen LogP contribution in [0.25, 0.3) is 0 Å². The van der Waals surface area contributed by atoms with Crippen molar-refractivity contribution in [2.24, 2.45) is 0 Å². The molecule has 0 aliphatic carbocycles. The molecule has 11 heteroatoms. The Bertz CT molecular complexity index is 235. The molecule has 100 valence electrons. The number of carboxylic acids is 3. The van der Waals surface area contributed by atoms with Gasteiger partial charge in [-0.15, -0.1) is 0 Å². The van der Waals surface area contributed by atoms with E-state index in [0.717, 1.165) is 0 Å². The van der Waals surface area contributed by atoms with Crippen LogP contribution in [0.5, 0.6) is 0 Å². The Hall–Kier alpha value is -1.15. The molecular formula is C6H15LiO10. The van der Waals surface area contributed by atoms with E-state index in [2.05, 4.69) is 0 Å². The minimum atomic E-state index is -2.74. The molecule has 0 amide bonds. The molecule has 0 rings (SSSR count). The molecule has 0 aliphatic rings. The normalized spacial score (nSPS) is 8.29. The van der Waals surface area contributed by atoms with Crippen LogP contribution in [-0.2, 0) is 14.4 Å². The van der Waals surface area contributed by atoms with E-state index in [0.29, 0.717) is 0 Å². The van der Waals surface area contributed by atoms with Crippen LogP contribution in [0.15, 0.2) is 0 Å². The third-order valence-electron chi connectivity index (χ3n) is 1.29. The van der Waals surface area contributed by atoms with Gasteiger partial charge in [-0.05, 0) is 0 Å². The molecule has 0 aliphatic heterocycles. The van der Waals surface area contributed by atoms with E-state index in [-0.39, 0.29) is 35.3 Å². The van der Waals surface area contributed by atoms with Crippen LogP contribution in [0.1, 0.15) is 12.8 Å². The van der Waals surface area contributed by atoms with Crippen LogP contribution in [0.3, 0.4) is 0 Å². The van der Waals surface area contributed by atoms with Crippen LogP contribution in [0.4, 0.5) is 0 Å². The number of rotatable bonds is 5. The molecule has 0 spiro atoms. The molecule has 0 unspecified atom stereocenters. The summed E-state index contributed by atoms with van der Waals surface area (Å²) in [7, 11) is 0. The summed E-state index contributed by atoms with van der Waals surface area (Å²) in [5.74, 6) is -5.02. The van der Waals surface area contributed by atoms with Crippen molar-refractivity contribution in [2.45, 2.75) is 18.4 Å². The third-order valence-corrected chi connectivity index (χ3v) is 1.29. The number of hydrogen-bond acceptors (Lipinski definition) is 4. The van der Waals surface area contributed by atoms with E-state index < -0.39 is 36.4 Å². The summed E-state index contributed by atoms with van der Waals surface area (Å²) in [6, 6.07) is 0. The zero-order valence-electron chi connectivity index (χ0n) is 7.93. The molecule has 0 heterocycles. The molecule has 0 aromatic heterocycles. The van der Waals surface area contributed by atoms with Gasteiger partial charge in [0.15, 0.2) is 5.60 Å². The number of carbonyl (C=O) groups is 3. The average Bonchev–Trinajstić information content (AvgIpc) is 1.82. The first-order valence-corrected chi connectivity index (χ1v) is 3.17. The quantitative estimate of drug-likeness (QED) is 0.351. The van der Waals surface area contributed by atoms with Crippen molar-refractivity contribution in [3.63, 3.8) is 0 Å². The Kier molecular flexibility index (Phi) is 19.8. The molecule has 0 radical (unpaired) electrons. The summed E-state index contributed by atoms with van der Waals surface area (Å²) in [6.07, 6.45) is -2.29. The van der Waals surface area contributed by atoms with Crippen molar-refractivity contribution in [2.75, 3.05) is 0 Å². The molecule has 10 nitrogen and oxygen atoms in total. The Balaban J connectivity index is -0.000000120. The zero-order valence-corrected chi connectivity index (χ0v) is 7.93. The molecule has 0 saturated carbocycles. The molecule has 0 aromatic rings. The van der Waals surface area contributed by atoms with Crippen LogP contribution in [0, 0.1) is 0 Å². The van der Waals surface area contributed by atoms with Crippen molar-refractivity contribution in [1.82, 2.24) is 0 Å². The van der Waals surface area contributed by atoms with Gasteiger partial charge in [-0.3, -0.25) is 9.59 Å². The van der Waals surface area contributed by atoms with Gasteiger partial charge in [-0.2, -0.15) is 0 Å². The Morgan fingerprint density at radius 2 is 1.06 bits per heavy atom. The van der Waals surface area contributed by atoms with E-state index in [1.807, 2.05) is 0 Å². The maximum absolute atomic E-state index is 10.3. The van der Waals surface area contributed by atoms with Crippen molar-refractivity contribution in [3.8, 4) is 0 Å². The van der Waals surface area contributed by atoms with Gasteiger partial charge in [-0.1, -0.05) is 0 Å². The Labute approximate surface area is 107 Å². The number of aliphatic carboxylic acids is 3. The van der Waals surface area contributed by atoms with E-state index >= 15 is 0 Å². The summed E-state index contributed by atoms with van der Waals surface area (Å²) in [5, 5.41) is 33.8. The predicted molar refractivity (Wildman–Crippen MR) is 55.1 cm³/mol. The number of hydrogen-bond donors (Lipinski definition) is 4. The van der Waals surface area contributed by atoms with Crippen LogP contribution in [-0.4, -0.2) is 79.2 Å². The van der Waals surface area contributed by atoms with Gasteiger partial charge in [0.25, 0.3) is 0 Å². The fourth-order valence-electron chi connectivity index (χ4n) is 0.714. The van der Waals surface area contributed by atoms with Crippen LogP contribution in [0.2, 0.25) is 0 Å². The van der Waals surface area contributed by atoms with Crippen molar-refractivity contribution in [1.29, 1.82) is 0 Å². The first-order valence-electron chi connectivity index (χ1n) is 3.17. The topological polar surface area (TPSA) is 227 Å². The van der Waals surface area contributed by atoms with Gasteiger partial charge in [0.05, 0.1) is 12.8 Å². The monoisotopic (exact) mass is 254 g/mol. The summed E-state index contributed by atoms with van der Waals surface area (Å²) in [6.45, 7) is 0. The van der Waals surface area contributed by atoms with Gasteiger partial charge >= 0.3 is 36.8 Å². The summed E-state index contributed by atoms with van der Waals surface area (Å²) < 4.78 is 0. The van der Waals surface area contributed by atoms with Crippen LogP contribution < -0.4 is 0 Å². The molecule has 0 bridgehead atoms. The molecule has 0 saturated heterocycles. The number of aliphatic hydroxyl groups is 1. The fraction of sp³-hybridized carbons (Fsp3) is 0.500. The molecule has 0 fully saturated rings. The fourth-order valence-corrected chi connectivity index (χ4v) is 0.714. The summed E-state index contributed by atoms with van der Waals surface area (Å²) >= 11 is 0. The molecule has 10 N–H and O–H groups in total. The second kappa shape index (κ2) is 11.3. The summed E-state index contributed by atoms with van der Waals surface area (Å²) in [5.41, 5.74) is -2.74. The van der Waals surface area contributed by atoms with Gasteiger partial charge in [0.2, 0.25) is 0 Å². The number of carboxylic acid groups (broad SMARTS) is 3. The van der Waals surface area contributed by atoms with Crippen molar-refractivity contribution < 1.29 is 51.2 Å². The zero-order chi connectivity index (χ0) is 10.6. The first kappa shape index (κ1) is 29.7. The van der Waals surface area contributed by atoms with Crippen LogP contribution >= 0.6 is 0 Å². The molecule has 17 heavy (non-hydrogen) atoms. The van der Waals surface area contributed by atoms with Gasteiger partial charge in [0, 0.05) is 0 Å². The molecule has 0 atom stereocenters. The minimum absolute atomic E-state index is 0. The van der Waals surface area contributed by atoms with E-state index in [9.17, 15) is 14.4 Å². The van der Waals surface area contributed by atoms with E-state index in [1.165, 1.54) is 0 Å². The van der Waals surface area contributed by atoms with Gasteiger partial charge in [0.1, 0.15) is 0 Å². The predicted octanol–water partition coefficient (Wildman–Crippen LogP) is -4.37. The van der Waals surface area contributed by atoms with Crippen molar-refractivity contribution in [3.05, 3.63) is 0 Å². The standard InChI is InChI=1S/C6H8O7.Li.3H2O.H/c7-3(8)1-6(13,5(11)12)2-4(9)10;;;;;/h13H,1-2H2,(H,7,8)(H,9,10)(H,11,12);;3*1H2;. The Morgan fingerprint density at radius 1 is 0.824 bits per heavy atom. The van der Waals surface area contributed by atoms with E-state index in [1.54, 1.807) is 0 Å². The second-order valence-corrected chi connectivity index (χ2v) is 2.48. The SMILES string of the molecule is O.O.O.O=C(O)CC(O)(CC(=O)O)C(=O)O.[LiH]. The molecular weight excluding hydrogens is 239 g/mol. The molecule has 0 aromatic carbocycles. The van der Waals surface area contributed by atoms with E-state index in [4.69, 9.17) is 20.4 Å². The van der Waals surface area contributed by atoms with Gasteiger partial charge in [-0.25, -0.2) is 4.79 Å². The van der Waals surface area contributed by atoms with Gasteiger partial charge < -0.3 is 36.9 Å².